The molecule has 1 heterocycles. The minimum atomic E-state index is -0.262. The fraction of sp³-hybridized carbons (Fsp3) is 0.900. The highest BCUT2D eigenvalue weighted by Crippen LogP contribution is 2.18. The minimum Gasteiger partial charge on any atom is -0.383 e. The molecule has 4 nitrogen and oxygen atoms in total. The molecule has 5 heteroatoms. The molecule has 0 aromatic heterocycles. The zero-order valence-electron chi connectivity index (χ0n) is 9.16. The molecular formula is C10H18BrNO3. The van der Waals surface area contributed by atoms with Gasteiger partial charge in [-0.1, -0.05) is 15.9 Å². The van der Waals surface area contributed by atoms with E-state index in [2.05, 4.69) is 21.2 Å². The van der Waals surface area contributed by atoms with E-state index in [9.17, 15) is 4.79 Å². The Labute approximate surface area is 98.8 Å². The third-order valence-electron chi connectivity index (χ3n) is 2.37. The third kappa shape index (κ3) is 4.49. The lowest BCUT2D eigenvalue weighted by molar-refractivity contribution is -0.131. The molecule has 3 unspecified atom stereocenters. The Morgan fingerprint density at radius 3 is 2.93 bits per heavy atom. The SMILES string of the molecule is COCC(Br)CNC(=O)C1CCC(C)O1. The van der Waals surface area contributed by atoms with Gasteiger partial charge in [-0.25, -0.2) is 0 Å². The van der Waals surface area contributed by atoms with Crippen molar-refractivity contribution in [2.75, 3.05) is 20.3 Å². The van der Waals surface area contributed by atoms with Crippen LogP contribution in [-0.2, 0) is 14.3 Å². The lowest BCUT2D eigenvalue weighted by atomic mass is 10.2. The topological polar surface area (TPSA) is 47.6 Å². The Hall–Kier alpha value is -0.130. The number of ether oxygens (including phenoxy) is 2. The van der Waals surface area contributed by atoms with Crippen molar-refractivity contribution in [3.63, 3.8) is 0 Å². The number of nitrogens with one attached hydrogen (secondary N) is 1. The van der Waals surface area contributed by atoms with Crippen LogP contribution in [0.15, 0.2) is 0 Å². The number of hydrogen-bond acceptors (Lipinski definition) is 3. The van der Waals surface area contributed by atoms with Crippen molar-refractivity contribution in [2.24, 2.45) is 0 Å². The van der Waals surface area contributed by atoms with Crippen LogP contribution in [0, 0.1) is 0 Å². The zero-order chi connectivity index (χ0) is 11.3. The van der Waals surface area contributed by atoms with E-state index in [1.807, 2.05) is 6.92 Å². The second-order valence-electron chi connectivity index (χ2n) is 3.81. The summed E-state index contributed by atoms with van der Waals surface area (Å²) in [6.07, 6.45) is 1.74. The number of methoxy groups -OCH3 is 1. The molecule has 0 aromatic rings. The normalized spacial score (nSPS) is 27.7. The second-order valence-corrected chi connectivity index (χ2v) is 5.11. The van der Waals surface area contributed by atoms with Gasteiger partial charge in [-0.2, -0.15) is 0 Å². The summed E-state index contributed by atoms with van der Waals surface area (Å²) in [5.74, 6) is -0.0140. The van der Waals surface area contributed by atoms with Gasteiger partial charge in [0, 0.05) is 13.7 Å². The van der Waals surface area contributed by atoms with E-state index < -0.39 is 0 Å². The van der Waals surface area contributed by atoms with E-state index in [1.54, 1.807) is 7.11 Å². The number of carbonyl (C=O) groups excluding carboxylic acids is 1. The average Bonchev–Trinajstić information content (AvgIpc) is 2.62. The van der Waals surface area contributed by atoms with Crippen LogP contribution in [-0.4, -0.2) is 43.2 Å². The van der Waals surface area contributed by atoms with Gasteiger partial charge in [0.2, 0.25) is 5.91 Å². The second kappa shape index (κ2) is 6.45. The van der Waals surface area contributed by atoms with Gasteiger partial charge < -0.3 is 14.8 Å². The first-order valence-corrected chi connectivity index (χ1v) is 6.11. The molecule has 1 N–H and O–H groups in total. The van der Waals surface area contributed by atoms with E-state index in [1.165, 1.54) is 0 Å². The smallest absolute Gasteiger partial charge is 0.249 e. The Balaban J connectivity index is 2.18. The monoisotopic (exact) mass is 279 g/mol. The molecule has 0 aromatic carbocycles. The molecule has 0 aliphatic carbocycles. The Morgan fingerprint density at radius 1 is 1.67 bits per heavy atom. The lowest BCUT2D eigenvalue weighted by Gasteiger charge is -2.14. The van der Waals surface area contributed by atoms with Gasteiger partial charge >= 0.3 is 0 Å². The first-order valence-electron chi connectivity index (χ1n) is 5.19. The lowest BCUT2D eigenvalue weighted by Crippen LogP contribution is -2.38. The van der Waals surface area contributed by atoms with Gasteiger partial charge in [-0.15, -0.1) is 0 Å². The number of hydrogen-bond donors (Lipinski definition) is 1. The highest BCUT2D eigenvalue weighted by atomic mass is 79.9. The van der Waals surface area contributed by atoms with Gasteiger partial charge in [-0.3, -0.25) is 4.79 Å². The molecule has 0 radical (unpaired) electrons. The van der Waals surface area contributed by atoms with Crippen molar-refractivity contribution in [3.05, 3.63) is 0 Å². The van der Waals surface area contributed by atoms with Gasteiger partial charge in [-0.05, 0) is 19.8 Å². The Bertz CT molecular complexity index is 213. The van der Waals surface area contributed by atoms with Crippen LogP contribution in [0.3, 0.4) is 0 Å². The number of carbonyl (C=O) groups is 1. The van der Waals surface area contributed by atoms with Gasteiger partial charge in [0.1, 0.15) is 6.10 Å². The summed E-state index contributed by atoms with van der Waals surface area (Å²) in [5, 5.41) is 2.84. The molecular weight excluding hydrogens is 262 g/mol. The van der Waals surface area contributed by atoms with Gasteiger partial charge in [0.25, 0.3) is 0 Å². The predicted molar refractivity (Wildman–Crippen MR) is 61.2 cm³/mol. The van der Waals surface area contributed by atoms with Crippen molar-refractivity contribution >= 4 is 21.8 Å². The quantitative estimate of drug-likeness (QED) is 0.767. The van der Waals surface area contributed by atoms with Crippen molar-refractivity contribution in [1.82, 2.24) is 5.32 Å². The molecule has 1 aliphatic heterocycles. The molecule has 1 rings (SSSR count). The largest absolute Gasteiger partial charge is 0.383 e. The Kier molecular flexibility index (Phi) is 5.56. The van der Waals surface area contributed by atoms with Crippen LogP contribution in [0.4, 0.5) is 0 Å². The summed E-state index contributed by atoms with van der Waals surface area (Å²) in [4.78, 5) is 11.8. The molecule has 1 fully saturated rings. The maximum Gasteiger partial charge on any atom is 0.249 e. The number of alkyl halides is 1. The summed E-state index contributed by atoms with van der Waals surface area (Å²) in [7, 11) is 1.64. The van der Waals surface area contributed by atoms with E-state index in [0.717, 1.165) is 12.8 Å². The summed E-state index contributed by atoms with van der Waals surface area (Å²) in [6.45, 7) is 3.15. The number of halogens is 1. The summed E-state index contributed by atoms with van der Waals surface area (Å²) in [5.41, 5.74) is 0. The van der Waals surface area contributed by atoms with Crippen LogP contribution in [0.1, 0.15) is 19.8 Å². The van der Waals surface area contributed by atoms with E-state index in [-0.39, 0.29) is 22.9 Å². The van der Waals surface area contributed by atoms with Crippen LogP contribution in [0.25, 0.3) is 0 Å². The number of rotatable bonds is 5. The van der Waals surface area contributed by atoms with Crippen LogP contribution >= 0.6 is 15.9 Å². The first-order chi connectivity index (χ1) is 7.13. The van der Waals surface area contributed by atoms with Crippen molar-refractivity contribution in [1.29, 1.82) is 0 Å². The summed E-state index contributed by atoms with van der Waals surface area (Å²) in [6, 6.07) is 0. The first kappa shape index (κ1) is 12.9. The van der Waals surface area contributed by atoms with Crippen molar-refractivity contribution < 1.29 is 14.3 Å². The van der Waals surface area contributed by atoms with Crippen molar-refractivity contribution in [3.8, 4) is 0 Å². The summed E-state index contributed by atoms with van der Waals surface area (Å²) < 4.78 is 10.4. The maximum absolute atomic E-state index is 11.6. The van der Waals surface area contributed by atoms with E-state index >= 15 is 0 Å². The highest BCUT2D eigenvalue weighted by molar-refractivity contribution is 9.09. The van der Waals surface area contributed by atoms with Crippen LogP contribution in [0.5, 0.6) is 0 Å². The maximum atomic E-state index is 11.6. The van der Waals surface area contributed by atoms with E-state index in [0.29, 0.717) is 13.2 Å². The fourth-order valence-electron chi connectivity index (χ4n) is 1.56. The zero-order valence-corrected chi connectivity index (χ0v) is 10.7. The standard InChI is InChI=1S/C10H18BrNO3/c1-7-3-4-9(15-7)10(13)12-5-8(11)6-14-2/h7-9H,3-6H2,1-2H3,(H,12,13). The highest BCUT2D eigenvalue weighted by Gasteiger charge is 2.27. The molecule has 0 spiro atoms. The average molecular weight is 280 g/mol. The summed E-state index contributed by atoms with van der Waals surface area (Å²) >= 11 is 3.41. The molecule has 0 bridgehead atoms. The minimum absolute atomic E-state index is 0.0140. The molecule has 1 amide bonds. The third-order valence-corrected chi connectivity index (χ3v) is 2.96. The molecule has 15 heavy (non-hydrogen) atoms. The van der Waals surface area contributed by atoms with Gasteiger partial charge in [0.05, 0.1) is 17.5 Å². The number of amides is 1. The van der Waals surface area contributed by atoms with E-state index in [4.69, 9.17) is 9.47 Å². The Morgan fingerprint density at radius 2 is 2.40 bits per heavy atom. The fourth-order valence-corrected chi connectivity index (χ4v) is 1.99. The molecule has 0 saturated carbocycles. The molecule has 88 valence electrons. The molecule has 3 atom stereocenters. The van der Waals surface area contributed by atoms with Crippen LogP contribution < -0.4 is 5.32 Å². The van der Waals surface area contributed by atoms with Gasteiger partial charge in [0.15, 0.2) is 0 Å². The predicted octanol–water partition coefficient (Wildman–Crippen LogP) is 1.08. The van der Waals surface area contributed by atoms with Crippen LogP contribution in [0.2, 0.25) is 0 Å². The molecule has 1 saturated heterocycles. The molecule has 1 aliphatic rings. The van der Waals surface area contributed by atoms with Crippen molar-refractivity contribution in [2.45, 2.75) is 36.8 Å².